The van der Waals surface area contributed by atoms with E-state index in [4.69, 9.17) is 5.73 Å². The maximum absolute atomic E-state index is 14.5. The Morgan fingerprint density at radius 1 is 1.30 bits per heavy atom. The van der Waals surface area contributed by atoms with Crippen molar-refractivity contribution in [2.75, 3.05) is 11.1 Å². The molecule has 1 aliphatic rings. The zero-order chi connectivity index (χ0) is 21.3. The van der Waals surface area contributed by atoms with E-state index >= 15 is 0 Å². The summed E-state index contributed by atoms with van der Waals surface area (Å²) < 4.78 is 16.2. The number of nitrogens with two attached hydrogens (primary N) is 1. The van der Waals surface area contributed by atoms with Gasteiger partial charge in [-0.25, -0.2) is 9.37 Å². The number of nitrogens with one attached hydrogen (secondary N) is 1. The van der Waals surface area contributed by atoms with Crippen molar-refractivity contribution in [1.82, 2.24) is 19.7 Å². The van der Waals surface area contributed by atoms with Crippen LogP contribution in [0.5, 0.6) is 0 Å². The second-order valence-electron chi connectivity index (χ2n) is 7.16. The van der Waals surface area contributed by atoms with Crippen molar-refractivity contribution in [1.29, 1.82) is 0 Å². The maximum atomic E-state index is 14.5. The number of anilines is 1. The molecule has 3 heterocycles. The quantitative estimate of drug-likeness (QED) is 0.665. The van der Waals surface area contributed by atoms with E-state index in [1.165, 1.54) is 36.3 Å². The molecule has 154 valence electrons. The molecule has 8 nitrogen and oxygen atoms in total. The zero-order valence-electron chi connectivity index (χ0n) is 16.5. The molecular formula is C20H20FN7OS. The van der Waals surface area contributed by atoms with Crippen molar-refractivity contribution in [3.05, 3.63) is 60.1 Å². The first-order chi connectivity index (χ1) is 14.3. The van der Waals surface area contributed by atoms with Crippen LogP contribution in [0, 0.1) is 5.82 Å². The van der Waals surface area contributed by atoms with Gasteiger partial charge in [0, 0.05) is 35.8 Å². The molecule has 2 aromatic heterocycles. The summed E-state index contributed by atoms with van der Waals surface area (Å²) in [4.78, 5) is 25.5. The summed E-state index contributed by atoms with van der Waals surface area (Å²) in [5, 5.41) is 7.27. The Morgan fingerprint density at radius 3 is 2.80 bits per heavy atom. The number of nitrogens with zero attached hydrogens (tertiary/aromatic N) is 5. The lowest BCUT2D eigenvalue weighted by Crippen LogP contribution is -2.29. The molecule has 0 bridgehead atoms. The molecule has 10 heteroatoms. The number of thioether (sulfide) groups is 1. The fraction of sp³-hybridized carbons (Fsp3) is 0.250. The Morgan fingerprint density at radius 2 is 2.13 bits per heavy atom. The third-order valence-corrected chi connectivity index (χ3v) is 5.68. The van der Waals surface area contributed by atoms with Gasteiger partial charge in [0.2, 0.25) is 0 Å². The minimum Gasteiger partial charge on any atom is -0.379 e. The summed E-state index contributed by atoms with van der Waals surface area (Å²) in [6.07, 6.45) is 7.04. The summed E-state index contributed by atoms with van der Waals surface area (Å²) in [5.74, 6) is -0.0782. The number of hydrogen-bond acceptors (Lipinski definition) is 7. The predicted octanol–water partition coefficient (Wildman–Crippen LogP) is 2.94. The van der Waals surface area contributed by atoms with Crippen LogP contribution < -0.4 is 11.1 Å². The van der Waals surface area contributed by atoms with Gasteiger partial charge in [-0.2, -0.15) is 5.10 Å². The molecule has 0 aliphatic carbocycles. The topological polar surface area (TPSA) is 111 Å². The molecule has 0 spiro atoms. The van der Waals surface area contributed by atoms with Gasteiger partial charge in [-0.05, 0) is 31.5 Å². The summed E-state index contributed by atoms with van der Waals surface area (Å²) in [6, 6.07) is 4.42. The second kappa shape index (κ2) is 7.86. The number of aryl methyl sites for hydroxylation is 1. The van der Waals surface area contributed by atoms with E-state index in [-0.39, 0.29) is 11.5 Å². The van der Waals surface area contributed by atoms with Gasteiger partial charge in [0.05, 0.1) is 29.8 Å². The van der Waals surface area contributed by atoms with Crippen LogP contribution in [0.3, 0.4) is 0 Å². The second-order valence-corrected chi connectivity index (χ2v) is 8.28. The molecule has 1 aliphatic heterocycles. The third-order valence-electron chi connectivity index (χ3n) is 4.89. The van der Waals surface area contributed by atoms with Crippen molar-refractivity contribution in [2.45, 2.75) is 18.9 Å². The number of amides is 1. The van der Waals surface area contributed by atoms with Crippen LogP contribution in [0.15, 0.2) is 48.0 Å². The Hall–Kier alpha value is -3.27. The molecule has 1 atom stereocenters. The summed E-state index contributed by atoms with van der Waals surface area (Å²) in [7, 11) is 1.81. The Kier molecular flexibility index (Phi) is 5.25. The van der Waals surface area contributed by atoms with Gasteiger partial charge in [-0.1, -0.05) is 11.8 Å². The molecular weight excluding hydrogens is 405 g/mol. The van der Waals surface area contributed by atoms with Gasteiger partial charge in [0.25, 0.3) is 5.91 Å². The van der Waals surface area contributed by atoms with Gasteiger partial charge in [0.15, 0.2) is 5.17 Å². The Labute approximate surface area is 176 Å². The highest BCUT2D eigenvalue weighted by molar-refractivity contribution is 8.13. The van der Waals surface area contributed by atoms with Crippen LogP contribution in [-0.4, -0.2) is 36.6 Å². The number of benzene rings is 1. The van der Waals surface area contributed by atoms with E-state index < -0.39 is 11.4 Å². The van der Waals surface area contributed by atoms with Gasteiger partial charge < -0.3 is 11.1 Å². The molecule has 4 rings (SSSR count). The van der Waals surface area contributed by atoms with Crippen molar-refractivity contribution < 1.29 is 9.18 Å². The Balaban J connectivity index is 1.54. The highest BCUT2D eigenvalue weighted by atomic mass is 32.2. The number of rotatable bonds is 4. The molecule has 3 N–H and O–H groups in total. The first-order valence-electron chi connectivity index (χ1n) is 9.25. The average molecular weight is 425 g/mol. The van der Waals surface area contributed by atoms with Crippen molar-refractivity contribution in [3.8, 4) is 11.3 Å². The lowest BCUT2D eigenvalue weighted by molar-refractivity contribution is 0.102. The van der Waals surface area contributed by atoms with E-state index in [9.17, 15) is 9.18 Å². The van der Waals surface area contributed by atoms with Crippen molar-refractivity contribution >= 4 is 28.5 Å². The summed E-state index contributed by atoms with van der Waals surface area (Å²) in [5.41, 5.74) is 7.48. The predicted molar refractivity (Wildman–Crippen MR) is 115 cm³/mol. The molecule has 0 radical (unpaired) electrons. The number of amidine groups is 1. The van der Waals surface area contributed by atoms with E-state index in [1.807, 2.05) is 20.2 Å². The lowest BCUT2D eigenvalue weighted by Gasteiger charge is -2.30. The van der Waals surface area contributed by atoms with Crippen LogP contribution in [0.4, 0.5) is 10.1 Å². The fourth-order valence-electron chi connectivity index (χ4n) is 3.24. The normalized spacial score (nSPS) is 18.7. The smallest absolute Gasteiger partial charge is 0.275 e. The monoisotopic (exact) mass is 425 g/mol. The van der Waals surface area contributed by atoms with Gasteiger partial charge >= 0.3 is 0 Å². The highest BCUT2D eigenvalue weighted by Crippen LogP contribution is 2.37. The average Bonchev–Trinajstić information content (AvgIpc) is 3.15. The number of aromatic nitrogens is 4. The fourth-order valence-corrected chi connectivity index (χ4v) is 4.21. The number of aliphatic imine (C=N–C) groups is 1. The molecule has 0 saturated heterocycles. The van der Waals surface area contributed by atoms with E-state index in [0.717, 1.165) is 11.3 Å². The summed E-state index contributed by atoms with van der Waals surface area (Å²) in [6.45, 7) is 1.84. The van der Waals surface area contributed by atoms with Crippen LogP contribution >= 0.6 is 11.8 Å². The largest absolute Gasteiger partial charge is 0.379 e. The number of hydrogen-bond donors (Lipinski definition) is 2. The number of carbonyl (C=O) groups excluding carboxylic acids is 1. The first-order valence-corrected chi connectivity index (χ1v) is 10.2. The molecule has 1 amide bonds. The van der Waals surface area contributed by atoms with E-state index in [1.54, 1.807) is 16.9 Å². The van der Waals surface area contributed by atoms with Crippen molar-refractivity contribution in [3.63, 3.8) is 0 Å². The van der Waals surface area contributed by atoms with Gasteiger partial charge in [0.1, 0.15) is 11.5 Å². The SMILES string of the molecule is Cn1cc(-c2cnc(C(=O)Nc3ccc(F)c([C@]4(C)CCSC(N)=N4)c3)cn2)cn1. The zero-order valence-corrected chi connectivity index (χ0v) is 17.3. The van der Waals surface area contributed by atoms with Crippen LogP contribution in [0.25, 0.3) is 11.3 Å². The Bertz CT molecular complexity index is 1130. The van der Waals surface area contributed by atoms with E-state index in [0.29, 0.717) is 28.5 Å². The van der Waals surface area contributed by atoms with Gasteiger partial charge in [-0.15, -0.1) is 0 Å². The minimum atomic E-state index is -0.772. The third kappa shape index (κ3) is 4.04. The van der Waals surface area contributed by atoms with Gasteiger partial charge in [-0.3, -0.25) is 19.5 Å². The maximum Gasteiger partial charge on any atom is 0.275 e. The minimum absolute atomic E-state index is 0.149. The number of carbonyl (C=O) groups is 1. The molecule has 3 aromatic rings. The molecule has 1 aromatic carbocycles. The van der Waals surface area contributed by atoms with Crippen LogP contribution in [-0.2, 0) is 12.6 Å². The highest BCUT2D eigenvalue weighted by Gasteiger charge is 2.32. The van der Waals surface area contributed by atoms with Crippen LogP contribution in [0.2, 0.25) is 0 Å². The molecule has 30 heavy (non-hydrogen) atoms. The molecule has 0 saturated carbocycles. The lowest BCUT2D eigenvalue weighted by atomic mass is 9.89. The standard InChI is InChI=1S/C20H20FN7OS/c1-20(5-6-30-19(22)27-20)14-7-13(3-4-15(14)21)26-18(29)17-10-23-16(9-24-17)12-8-25-28(2)11-12/h3-4,7-11H,5-6H2,1-2H3,(H2,22,27)(H,26,29)/t20-/m0/s1. The first kappa shape index (κ1) is 20.0. The van der Waals surface area contributed by atoms with Crippen molar-refractivity contribution in [2.24, 2.45) is 17.8 Å². The number of halogens is 1. The molecule has 0 fully saturated rings. The molecule has 0 unspecified atom stereocenters. The van der Waals surface area contributed by atoms with Crippen LogP contribution in [0.1, 0.15) is 29.4 Å². The van der Waals surface area contributed by atoms with E-state index in [2.05, 4.69) is 25.4 Å². The summed E-state index contributed by atoms with van der Waals surface area (Å²) >= 11 is 1.45.